The van der Waals surface area contributed by atoms with Crippen molar-refractivity contribution in [3.8, 4) is 5.75 Å². The Kier molecular flexibility index (Phi) is 4.20. The number of aliphatic hydroxyl groups excluding tert-OH is 1. The average molecular weight is 236 g/mol. The number of aromatic nitrogens is 1. The van der Waals surface area contributed by atoms with Gasteiger partial charge in [0.15, 0.2) is 11.6 Å². The molecule has 0 bridgehead atoms. The van der Waals surface area contributed by atoms with Crippen molar-refractivity contribution in [3.05, 3.63) is 18.3 Å². The van der Waals surface area contributed by atoms with Gasteiger partial charge in [0.25, 0.3) is 0 Å². The molecule has 0 radical (unpaired) electrons. The van der Waals surface area contributed by atoms with E-state index < -0.39 is 0 Å². The summed E-state index contributed by atoms with van der Waals surface area (Å²) in [6.45, 7) is 0.243. The second-order valence-corrected chi connectivity index (χ2v) is 4.53. The summed E-state index contributed by atoms with van der Waals surface area (Å²) in [6, 6.07) is 4.05. The molecule has 1 fully saturated rings. The van der Waals surface area contributed by atoms with Crippen LogP contribution in [0.25, 0.3) is 0 Å². The van der Waals surface area contributed by atoms with Gasteiger partial charge in [-0.05, 0) is 25.0 Å². The molecule has 0 aliphatic heterocycles. The predicted molar refractivity (Wildman–Crippen MR) is 67.2 cm³/mol. The Morgan fingerprint density at radius 2 is 2.29 bits per heavy atom. The smallest absolute Gasteiger partial charge is 0.168 e. The maximum atomic E-state index is 9.37. The highest BCUT2D eigenvalue weighted by molar-refractivity contribution is 5.50. The third-order valence-electron chi connectivity index (χ3n) is 3.46. The minimum Gasteiger partial charge on any atom is -0.493 e. The van der Waals surface area contributed by atoms with Gasteiger partial charge < -0.3 is 15.2 Å². The van der Waals surface area contributed by atoms with Gasteiger partial charge in [-0.25, -0.2) is 4.98 Å². The Morgan fingerprint density at radius 1 is 1.47 bits per heavy atom. The lowest BCUT2D eigenvalue weighted by Gasteiger charge is -2.31. The zero-order chi connectivity index (χ0) is 12.1. The Hall–Kier alpha value is -1.29. The fourth-order valence-electron chi connectivity index (χ4n) is 2.46. The number of ether oxygens (including phenoxy) is 1. The van der Waals surface area contributed by atoms with E-state index in [4.69, 9.17) is 4.74 Å². The molecule has 2 unspecified atom stereocenters. The number of methoxy groups -OCH3 is 1. The zero-order valence-corrected chi connectivity index (χ0v) is 10.2. The van der Waals surface area contributed by atoms with Crippen LogP contribution in [0.1, 0.15) is 25.7 Å². The molecule has 1 saturated carbocycles. The Balaban J connectivity index is 2.08. The van der Waals surface area contributed by atoms with E-state index in [0.717, 1.165) is 24.4 Å². The standard InChI is InChI=1S/C13H20N2O2/c1-17-12-7-4-8-14-13(12)15-11-6-3-2-5-10(11)9-16/h4,7-8,10-11,16H,2-3,5-6,9H2,1H3,(H,14,15). The lowest BCUT2D eigenvalue weighted by molar-refractivity contribution is 0.178. The topological polar surface area (TPSA) is 54.4 Å². The van der Waals surface area contributed by atoms with Gasteiger partial charge >= 0.3 is 0 Å². The normalized spacial score (nSPS) is 24.4. The van der Waals surface area contributed by atoms with Crippen LogP contribution in [-0.4, -0.2) is 29.8 Å². The molecule has 2 rings (SSSR count). The van der Waals surface area contributed by atoms with E-state index in [-0.39, 0.29) is 6.61 Å². The number of aliphatic hydroxyl groups is 1. The van der Waals surface area contributed by atoms with Gasteiger partial charge in [-0.15, -0.1) is 0 Å². The maximum absolute atomic E-state index is 9.37. The van der Waals surface area contributed by atoms with Crippen LogP contribution < -0.4 is 10.1 Å². The van der Waals surface area contributed by atoms with E-state index in [2.05, 4.69) is 10.3 Å². The highest BCUT2D eigenvalue weighted by Gasteiger charge is 2.25. The van der Waals surface area contributed by atoms with Gasteiger partial charge in [-0.2, -0.15) is 0 Å². The van der Waals surface area contributed by atoms with Crippen LogP contribution >= 0.6 is 0 Å². The molecule has 2 atom stereocenters. The van der Waals surface area contributed by atoms with E-state index in [1.807, 2.05) is 12.1 Å². The molecule has 0 spiro atoms. The van der Waals surface area contributed by atoms with Crippen molar-refractivity contribution in [2.24, 2.45) is 5.92 Å². The van der Waals surface area contributed by atoms with Crippen LogP contribution in [0, 0.1) is 5.92 Å². The molecule has 0 amide bonds. The third kappa shape index (κ3) is 2.88. The molecule has 2 N–H and O–H groups in total. The molecule has 0 saturated heterocycles. The van der Waals surface area contributed by atoms with Gasteiger partial charge in [0.05, 0.1) is 7.11 Å². The first-order chi connectivity index (χ1) is 8.35. The summed E-state index contributed by atoms with van der Waals surface area (Å²) in [5.74, 6) is 1.87. The van der Waals surface area contributed by atoms with Crippen molar-refractivity contribution < 1.29 is 9.84 Å². The van der Waals surface area contributed by atoms with Crippen LogP contribution in [0.4, 0.5) is 5.82 Å². The number of anilines is 1. The van der Waals surface area contributed by atoms with Crippen LogP contribution in [-0.2, 0) is 0 Å². The van der Waals surface area contributed by atoms with Crippen molar-refractivity contribution in [1.82, 2.24) is 4.98 Å². The molecule has 1 aliphatic rings. The molecule has 0 aromatic carbocycles. The van der Waals surface area contributed by atoms with Crippen molar-refractivity contribution in [1.29, 1.82) is 0 Å². The Morgan fingerprint density at radius 3 is 3.06 bits per heavy atom. The van der Waals surface area contributed by atoms with Gasteiger partial charge in [-0.1, -0.05) is 12.8 Å². The number of rotatable bonds is 4. The largest absolute Gasteiger partial charge is 0.493 e. The predicted octanol–water partition coefficient (Wildman–Crippen LogP) is 2.05. The van der Waals surface area contributed by atoms with E-state index in [1.54, 1.807) is 13.3 Å². The number of pyridine rings is 1. The molecule has 1 aromatic rings. The minimum absolute atomic E-state index is 0.243. The first-order valence-electron chi connectivity index (χ1n) is 6.21. The Labute approximate surface area is 102 Å². The molecule has 4 nitrogen and oxygen atoms in total. The van der Waals surface area contributed by atoms with Crippen molar-refractivity contribution >= 4 is 5.82 Å². The summed E-state index contributed by atoms with van der Waals surface area (Å²) in [5.41, 5.74) is 0. The monoisotopic (exact) mass is 236 g/mol. The van der Waals surface area contributed by atoms with Crippen LogP contribution in [0.5, 0.6) is 5.75 Å². The van der Waals surface area contributed by atoms with Crippen molar-refractivity contribution in [2.45, 2.75) is 31.7 Å². The van der Waals surface area contributed by atoms with E-state index in [1.165, 1.54) is 12.8 Å². The first-order valence-corrected chi connectivity index (χ1v) is 6.21. The number of nitrogens with one attached hydrogen (secondary N) is 1. The van der Waals surface area contributed by atoms with E-state index in [0.29, 0.717) is 12.0 Å². The first kappa shape index (κ1) is 12.2. The summed E-state index contributed by atoms with van der Waals surface area (Å²) in [6.07, 6.45) is 6.35. The van der Waals surface area contributed by atoms with Gasteiger partial charge in [-0.3, -0.25) is 0 Å². The molecule has 4 heteroatoms. The summed E-state index contributed by atoms with van der Waals surface area (Å²) in [5, 5.41) is 12.8. The molecule has 1 aliphatic carbocycles. The fraction of sp³-hybridized carbons (Fsp3) is 0.615. The lowest BCUT2D eigenvalue weighted by atomic mass is 9.85. The summed E-state index contributed by atoms with van der Waals surface area (Å²) < 4.78 is 5.27. The van der Waals surface area contributed by atoms with Crippen molar-refractivity contribution in [2.75, 3.05) is 19.0 Å². The highest BCUT2D eigenvalue weighted by Crippen LogP contribution is 2.29. The summed E-state index contributed by atoms with van der Waals surface area (Å²) >= 11 is 0. The van der Waals surface area contributed by atoms with Crippen molar-refractivity contribution in [3.63, 3.8) is 0 Å². The number of nitrogens with zero attached hydrogens (tertiary/aromatic N) is 1. The van der Waals surface area contributed by atoms with Gasteiger partial charge in [0.1, 0.15) is 0 Å². The lowest BCUT2D eigenvalue weighted by Crippen LogP contribution is -2.34. The zero-order valence-electron chi connectivity index (χ0n) is 10.2. The second kappa shape index (κ2) is 5.87. The minimum atomic E-state index is 0.243. The van der Waals surface area contributed by atoms with E-state index in [9.17, 15) is 5.11 Å². The number of hydrogen-bond donors (Lipinski definition) is 2. The van der Waals surface area contributed by atoms with Crippen LogP contribution in [0.15, 0.2) is 18.3 Å². The molecular weight excluding hydrogens is 216 g/mol. The maximum Gasteiger partial charge on any atom is 0.168 e. The molecule has 1 heterocycles. The third-order valence-corrected chi connectivity index (χ3v) is 3.46. The van der Waals surface area contributed by atoms with Gasteiger partial charge in [0.2, 0.25) is 0 Å². The quantitative estimate of drug-likeness (QED) is 0.840. The summed E-state index contributed by atoms with van der Waals surface area (Å²) in [4.78, 5) is 4.29. The number of hydrogen-bond acceptors (Lipinski definition) is 4. The molecule has 17 heavy (non-hydrogen) atoms. The SMILES string of the molecule is COc1cccnc1NC1CCCCC1CO. The second-order valence-electron chi connectivity index (χ2n) is 4.53. The average Bonchev–Trinajstić information content (AvgIpc) is 2.40. The highest BCUT2D eigenvalue weighted by atomic mass is 16.5. The molecular formula is C13H20N2O2. The fourth-order valence-corrected chi connectivity index (χ4v) is 2.46. The summed E-state index contributed by atoms with van der Waals surface area (Å²) in [7, 11) is 1.65. The van der Waals surface area contributed by atoms with Crippen LogP contribution in [0.2, 0.25) is 0 Å². The van der Waals surface area contributed by atoms with E-state index >= 15 is 0 Å². The Bertz CT molecular complexity index is 357. The molecule has 94 valence electrons. The van der Waals surface area contributed by atoms with Crippen LogP contribution in [0.3, 0.4) is 0 Å². The molecule has 1 aromatic heterocycles. The van der Waals surface area contributed by atoms with Gasteiger partial charge in [0, 0.05) is 24.8 Å².